The number of thiol groups is 1. The molecule has 0 radical (unpaired) electrons. The zero-order valence-electron chi connectivity index (χ0n) is 14.8. The Morgan fingerprint density at radius 1 is 1.00 bits per heavy atom. The Bertz CT molecular complexity index is 572. The molecule has 0 saturated carbocycles. The number of rotatable bonds is 9. The Labute approximate surface area is 152 Å². The van der Waals surface area contributed by atoms with Crippen LogP contribution in [0.15, 0.2) is 59.6 Å². The van der Waals surface area contributed by atoms with E-state index < -0.39 is 0 Å². The van der Waals surface area contributed by atoms with E-state index in [1.54, 1.807) is 6.20 Å². The van der Waals surface area contributed by atoms with Gasteiger partial charge in [-0.3, -0.25) is 0 Å². The predicted octanol–water partition coefficient (Wildman–Crippen LogP) is 6.34. The molecule has 24 heavy (non-hydrogen) atoms. The van der Waals surface area contributed by atoms with Crippen molar-refractivity contribution >= 4 is 24.1 Å². The molecule has 0 bridgehead atoms. The Morgan fingerprint density at radius 2 is 1.79 bits per heavy atom. The van der Waals surface area contributed by atoms with E-state index in [1.165, 1.54) is 31.2 Å². The van der Waals surface area contributed by atoms with Gasteiger partial charge in [0, 0.05) is 23.3 Å². The zero-order valence-corrected chi connectivity index (χ0v) is 15.7. The SMILES string of the molecule is CCCCCC/C=C/CN(c1ccc(C)cc1)c1ccc(S)cn1. The fraction of sp³-hybridized carbons (Fsp3) is 0.381. The molecule has 0 aliphatic heterocycles. The lowest BCUT2D eigenvalue weighted by Gasteiger charge is -2.22. The maximum atomic E-state index is 4.53. The van der Waals surface area contributed by atoms with Crippen LogP contribution < -0.4 is 4.90 Å². The van der Waals surface area contributed by atoms with Gasteiger partial charge in [-0.15, -0.1) is 12.6 Å². The topological polar surface area (TPSA) is 16.1 Å². The van der Waals surface area contributed by atoms with Crippen molar-refractivity contribution in [2.75, 3.05) is 11.4 Å². The minimum absolute atomic E-state index is 0.829. The monoisotopic (exact) mass is 340 g/mol. The van der Waals surface area contributed by atoms with Crippen LogP contribution in [0.25, 0.3) is 0 Å². The van der Waals surface area contributed by atoms with E-state index in [2.05, 4.69) is 72.8 Å². The highest BCUT2D eigenvalue weighted by atomic mass is 32.1. The molecule has 0 amide bonds. The van der Waals surface area contributed by atoms with Crippen LogP contribution in [0.4, 0.5) is 11.5 Å². The summed E-state index contributed by atoms with van der Waals surface area (Å²) in [5.41, 5.74) is 2.43. The molecule has 0 aliphatic rings. The summed E-state index contributed by atoms with van der Waals surface area (Å²) in [6, 6.07) is 12.6. The molecule has 2 aromatic rings. The van der Waals surface area contributed by atoms with Crippen molar-refractivity contribution in [3.05, 3.63) is 60.3 Å². The van der Waals surface area contributed by atoms with E-state index in [0.29, 0.717) is 0 Å². The van der Waals surface area contributed by atoms with Crippen molar-refractivity contribution in [3.8, 4) is 0 Å². The van der Waals surface area contributed by atoms with Gasteiger partial charge in [-0.2, -0.15) is 0 Å². The fourth-order valence-electron chi connectivity index (χ4n) is 2.58. The third kappa shape index (κ3) is 6.04. The van der Waals surface area contributed by atoms with Crippen molar-refractivity contribution in [1.29, 1.82) is 0 Å². The number of unbranched alkanes of at least 4 members (excludes halogenated alkanes) is 4. The Hall–Kier alpha value is -1.74. The molecule has 0 spiro atoms. The molecule has 0 atom stereocenters. The van der Waals surface area contributed by atoms with Crippen molar-refractivity contribution in [2.24, 2.45) is 0 Å². The summed E-state index contributed by atoms with van der Waals surface area (Å²) in [5, 5.41) is 0. The van der Waals surface area contributed by atoms with Crippen molar-refractivity contribution < 1.29 is 0 Å². The van der Waals surface area contributed by atoms with E-state index in [4.69, 9.17) is 0 Å². The molecule has 2 rings (SSSR count). The first kappa shape index (κ1) is 18.6. The molecule has 1 heterocycles. The first-order valence-electron chi connectivity index (χ1n) is 8.85. The quantitative estimate of drug-likeness (QED) is 0.325. The molecule has 0 N–H and O–H groups in total. The average Bonchev–Trinajstić information content (AvgIpc) is 2.60. The van der Waals surface area contributed by atoms with Crippen LogP contribution in [-0.4, -0.2) is 11.5 Å². The summed E-state index contributed by atoms with van der Waals surface area (Å²) in [6.07, 6.45) is 12.7. The van der Waals surface area contributed by atoms with Gasteiger partial charge in [0.15, 0.2) is 0 Å². The number of hydrogen-bond acceptors (Lipinski definition) is 3. The van der Waals surface area contributed by atoms with E-state index in [1.807, 2.05) is 12.1 Å². The van der Waals surface area contributed by atoms with E-state index in [0.717, 1.165) is 29.4 Å². The van der Waals surface area contributed by atoms with Gasteiger partial charge in [0.2, 0.25) is 0 Å². The predicted molar refractivity (Wildman–Crippen MR) is 108 cm³/mol. The highest BCUT2D eigenvalue weighted by Crippen LogP contribution is 2.24. The molecule has 1 aromatic carbocycles. The summed E-state index contributed by atoms with van der Waals surface area (Å²) in [7, 11) is 0. The normalized spacial score (nSPS) is 11.1. The van der Waals surface area contributed by atoms with Gasteiger partial charge in [-0.1, -0.05) is 56.0 Å². The van der Waals surface area contributed by atoms with Crippen LogP contribution in [0.3, 0.4) is 0 Å². The third-order valence-electron chi connectivity index (χ3n) is 4.03. The molecule has 0 fully saturated rings. The standard InChI is InChI=1S/C21H28N2S/c1-3-4-5-6-7-8-9-16-23(19-12-10-18(2)11-13-19)21-15-14-20(24)17-22-21/h8-15,17,24H,3-7,16H2,1-2H3/b9-8+. The Balaban J connectivity index is 2.04. The summed E-state index contributed by atoms with van der Waals surface area (Å²) >= 11 is 4.33. The van der Waals surface area contributed by atoms with Crippen molar-refractivity contribution in [3.63, 3.8) is 0 Å². The van der Waals surface area contributed by atoms with Crippen LogP contribution >= 0.6 is 12.6 Å². The van der Waals surface area contributed by atoms with Gasteiger partial charge in [-0.25, -0.2) is 4.98 Å². The summed E-state index contributed by atoms with van der Waals surface area (Å²) < 4.78 is 0. The first-order chi connectivity index (χ1) is 11.7. The average molecular weight is 341 g/mol. The Kier molecular flexibility index (Phi) is 7.90. The summed E-state index contributed by atoms with van der Waals surface area (Å²) in [6.45, 7) is 5.19. The first-order valence-corrected chi connectivity index (χ1v) is 9.29. The van der Waals surface area contributed by atoms with Gasteiger partial charge >= 0.3 is 0 Å². The Morgan fingerprint density at radius 3 is 2.46 bits per heavy atom. The maximum Gasteiger partial charge on any atom is 0.133 e. The number of nitrogens with zero attached hydrogens (tertiary/aromatic N) is 2. The second kappa shape index (κ2) is 10.2. The van der Waals surface area contributed by atoms with Gasteiger partial charge < -0.3 is 4.90 Å². The second-order valence-corrected chi connectivity index (χ2v) is 6.66. The second-order valence-electron chi connectivity index (χ2n) is 6.14. The lowest BCUT2D eigenvalue weighted by atomic mass is 10.1. The van der Waals surface area contributed by atoms with Crippen LogP contribution in [0, 0.1) is 6.92 Å². The number of aromatic nitrogens is 1. The highest BCUT2D eigenvalue weighted by molar-refractivity contribution is 7.80. The van der Waals surface area contributed by atoms with Crippen molar-refractivity contribution in [1.82, 2.24) is 4.98 Å². The smallest absolute Gasteiger partial charge is 0.133 e. The molecule has 0 unspecified atom stereocenters. The zero-order chi connectivity index (χ0) is 17.2. The minimum atomic E-state index is 0.829. The lowest BCUT2D eigenvalue weighted by Crippen LogP contribution is -2.18. The highest BCUT2D eigenvalue weighted by Gasteiger charge is 2.08. The van der Waals surface area contributed by atoms with Crippen LogP contribution in [0.5, 0.6) is 0 Å². The van der Waals surface area contributed by atoms with Gasteiger partial charge in [0.25, 0.3) is 0 Å². The van der Waals surface area contributed by atoms with E-state index >= 15 is 0 Å². The summed E-state index contributed by atoms with van der Waals surface area (Å²) in [5.74, 6) is 0.951. The maximum absolute atomic E-state index is 4.53. The molecule has 0 saturated heterocycles. The number of allylic oxidation sites excluding steroid dienone is 1. The molecule has 3 heteroatoms. The summed E-state index contributed by atoms with van der Waals surface area (Å²) in [4.78, 5) is 7.65. The molecule has 128 valence electrons. The van der Waals surface area contributed by atoms with Crippen LogP contribution in [0.2, 0.25) is 0 Å². The van der Waals surface area contributed by atoms with E-state index in [9.17, 15) is 0 Å². The molecule has 0 aliphatic carbocycles. The number of hydrogen-bond donors (Lipinski definition) is 1. The van der Waals surface area contributed by atoms with Crippen molar-refractivity contribution in [2.45, 2.75) is 50.8 Å². The number of benzene rings is 1. The fourth-order valence-corrected chi connectivity index (χ4v) is 2.71. The molecular formula is C21H28N2S. The molecule has 2 nitrogen and oxygen atoms in total. The van der Waals surface area contributed by atoms with Gasteiger partial charge in [0.1, 0.15) is 5.82 Å². The number of pyridine rings is 1. The minimum Gasteiger partial charge on any atom is -0.323 e. The number of aryl methyl sites for hydroxylation is 1. The van der Waals surface area contributed by atoms with Gasteiger partial charge in [-0.05, 0) is 44.0 Å². The lowest BCUT2D eigenvalue weighted by molar-refractivity contribution is 0.674. The number of anilines is 2. The van der Waals surface area contributed by atoms with Crippen LogP contribution in [0.1, 0.15) is 44.6 Å². The third-order valence-corrected chi connectivity index (χ3v) is 4.30. The van der Waals surface area contributed by atoms with E-state index in [-0.39, 0.29) is 0 Å². The molecule has 1 aromatic heterocycles. The van der Waals surface area contributed by atoms with Gasteiger partial charge in [0.05, 0.1) is 0 Å². The molecular weight excluding hydrogens is 312 g/mol. The van der Waals surface area contributed by atoms with Crippen LogP contribution in [-0.2, 0) is 0 Å². The largest absolute Gasteiger partial charge is 0.323 e.